The molecule has 1 aliphatic heterocycles. The van der Waals surface area contributed by atoms with E-state index in [4.69, 9.17) is 0 Å². The minimum Gasteiger partial charge on any atom is -0.326 e. The fourth-order valence-electron chi connectivity index (χ4n) is 2.82. The van der Waals surface area contributed by atoms with Gasteiger partial charge in [-0.25, -0.2) is 13.1 Å². The Hall–Kier alpha value is -1.15. The molecule has 1 amide bonds. The first kappa shape index (κ1) is 19.2. The van der Waals surface area contributed by atoms with Crippen LogP contribution in [0.5, 0.6) is 0 Å². The lowest BCUT2D eigenvalue weighted by Gasteiger charge is -2.13. The van der Waals surface area contributed by atoms with Gasteiger partial charge in [-0.05, 0) is 56.8 Å². The first-order chi connectivity index (χ1) is 10.9. The smallest absolute Gasteiger partial charge is 0.241 e. The van der Waals surface area contributed by atoms with Crippen LogP contribution in [0.3, 0.4) is 0 Å². The predicted molar refractivity (Wildman–Crippen MR) is 96.0 cm³/mol. The summed E-state index contributed by atoms with van der Waals surface area (Å²) in [6, 6.07) is 5.29. The zero-order valence-electron chi connectivity index (χ0n) is 13.7. The Kier molecular flexibility index (Phi) is 6.25. The van der Waals surface area contributed by atoms with E-state index in [2.05, 4.69) is 15.4 Å². The molecule has 1 saturated heterocycles. The number of sulfonamides is 1. The van der Waals surface area contributed by atoms with Gasteiger partial charge >= 0.3 is 0 Å². The van der Waals surface area contributed by atoms with Crippen LogP contribution in [0.4, 0.5) is 5.69 Å². The molecule has 1 atom stereocenters. The summed E-state index contributed by atoms with van der Waals surface area (Å²) in [5.41, 5.74) is 1.20. The van der Waals surface area contributed by atoms with E-state index < -0.39 is 10.0 Å². The average Bonchev–Trinajstić information content (AvgIpc) is 3.13. The summed E-state index contributed by atoms with van der Waals surface area (Å²) in [7, 11) is -3.52. The Morgan fingerprint density at radius 2 is 2.04 bits per heavy atom. The molecule has 24 heavy (non-hydrogen) atoms. The molecule has 0 aromatic heterocycles. The third kappa shape index (κ3) is 4.92. The van der Waals surface area contributed by atoms with Crippen molar-refractivity contribution in [1.29, 1.82) is 0 Å². The maximum atomic E-state index is 12.4. The second-order valence-corrected chi connectivity index (χ2v) is 8.10. The van der Waals surface area contributed by atoms with Crippen molar-refractivity contribution in [2.24, 2.45) is 0 Å². The van der Waals surface area contributed by atoms with Crippen LogP contribution >= 0.6 is 12.4 Å². The zero-order valence-corrected chi connectivity index (χ0v) is 15.3. The molecule has 3 N–H and O–H groups in total. The Morgan fingerprint density at radius 3 is 2.67 bits per heavy atom. The Labute approximate surface area is 149 Å². The van der Waals surface area contributed by atoms with Gasteiger partial charge in [-0.2, -0.15) is 0 Å². The minimum absolute atomic E-state index is 0. The monoisotopic (exact) mass is 373 g/mol. The average molecular weight is 374 g/mol. The van der Waals surface area contributed by atoms with Crippen LogP contribution < -0.4 is 15.4 Å². The number of hydrogen-bond donors (Lipinski definition) is 3. The van der Waals surface area contributed by atoms with Gasteiger partial charge in [0.25, 0.3) is 0 Å². The van der Waals surface area contributed by atoms with Crippen LogP contribution in [0.25, 0.3) is 0 Å². The van der Waals surface area contributed by atoms with Gasteiger partial charge in [-0.15, -0.1) is 12.4 Å². The van der Waals surface area contributed by atoms with E-state index in [-0.39, 0.29) is 35.3 Å². The fourth-order valence-corrected chi connectivity index (χ4v) is 4.39. The molecule has 6 nitrogen and oxygen atoms in total. The summed E-state index contributed by atoms with van der Waals surface area (Å²) in [6.07, 6.45) is 4.30. The van der Waals surface area contributed by atoms with Crippen LogP contribution in [0.1, 0.15) is 37.7 Å². The largest absolute Gasteiger partial charge is 0.326 e. The van der Waals surface area contributed by atoms with E-state index in [1.807, 2.05) is 0 Å². The Morgan fingerprint density at radius 1 is 1.29 bits per heavy atom. The molecule has 1 aliphatic carbocycles. The highest BCUT2D eigenvalue weighted by Gasteiger charge is 2.29. The Balaban J connectivity index is 0.00000208. The first-order valence-corrected chi connectivity index (χ1v) is 9.58. The first-order valence-electron chi connectivity index (χ1n) is 8.10. The lowest BCUT2D eigenvalue weighted by molar-refractivity contribution is -0.116. The SMILES string of the molecule is Cc1ccc(NC(=O)CC2CCCN2)cc1S(=O)(=O)NC1CC1.Cl. The summed E-state index contributed by atoms with van der Waals surface area (Å²) in [5, 5.41) is 6.09. The van der Waals surface area contributed by atoms with E-state index in [1.54, 1.807) is 25.1 Å². The molecule has 8 heteroatoms. The summed E-state index contributed by atoms with van der Waals surface area (Å²) in [5.74, 6) is -0.0910. The molecule has 1 aromatic carbocycles. The molecule has 3 rings (SSSR count). The number of aryl methyl sites for hydroxylation is 1. The third-order valence-corrected chi connectivity index (χ3v) is 5.92. The standard InChI is InChI=1S/C16H23N3O3S.ClH/c1-11-4-5-14(18-16(20)10-13-3-2-8-17-13)9-15(11)23(21,22)19-12-6-7-12;/h4-5,9,12-13,17,19H,2-3,6-8,10H2,1H3,(H,18,20);1H. The van der Waals surface area contributed by atoms with Crippen LogP contribution in [0, 0.1) is 6.92 Å². The van der Waals surface area contributed by atoms with Gasteiger partial charge in [-0.3, -0.25) is 4.79 Å². The normalized spacial score (nSPS) is 20.5. The molecule has 2 fully saturated rings. The third-order valence-electron chi connectivity index (χ3n) is 4.25. The summed E-state index contributed by atoms with van der Waals surface area (Å²) in [4.78, 5) is 12.3. The van der Waals surface area contributed by atoms with Crippen molar-refractivity contribution < 1.29 is 13.2 Å². The fraction of sp³-hybridized carbons (Fsp3) is 0.562. The van der Waals surface area contributed by atoms with E-state index in [0.29, 0.717) is 17.7 Å². The molecular formula is C16H24ClN3O3S. The van der Waals surface area contributed by atoms with E-state index in [1.165, 1.54) is 0 Å². The van der Waals surface area contributed by atoms with E-state index in [0.717, 1.165) is 32.2 Å². The number of nitrogens with one attached hydrogen (secondary N) is 3. The molecule has 1 saturated carbocycles. The number of hydrogen-bond acceptors (Lipinski definition) is 4. The minimum atomic E-state index is -3.52. The molecule has 0 radical (unpaired) electrons. The summed E-state index contributed by atoms with van der Waals surface area (Å²) >= 11 is 0. The van der Waals surface area contributed by atoms with E-state index >= 15 is 0 Å². The highest BCUT2D eigenvalue weighted by Crippen LogP contribution is 2.25. The second-order valence-electron chi connectivity index (χ2n) is 6.42. The van der Waals surface area contributed by atoms with Crippen molar-refractivity contribution in [3.8, 4) is 0 Å². The van der Waals surface area contributed by atoms with Crippen molar-refractivity contribution in [3.63, 3.8) is 0 Å². The van der Waals surface area contributed by atoms with Gasteiger partial charge in [0.2, 0.25) is 15.9 Å². The van der Waals surface area contributed by atoms with Crippen molar-refractivity contribution in [3.05, 3.63) is 23.8 Å². The second kappa shape index (κ2) is 7.82. The quantitative estimate of drug-likeness (QED) is 0.711. The zero-order chi connectivity index (χ0) is 16.4. The van der Waals surface area contributed by atoms with Crippen molar-refractivity contribution in [2.75, 3.05) is 11.9 Å². The van der Waals surface area contributed by atoms with Crippen molar-refractivity contribution in [2.45, 2.75) is 56.0 Å². The lowest BCUT2D eigenvalue weighted by atomic mass is 10.1. The van der Waals surface area contributed by atoms with Crippen LogP contribution in [-0.2, 0) is 14.8 Å². The number of halogens is 1. The van der Waals surface area contributed by atoms with Crippen LogP contribution in [0.15, 0.2) is 23.1 Å². The molecule has 134 valence electrons. The lowest BCUT2D eigenvalue weighted by Crippen LogP contribution is -2.28. The summed E-state index contributed by atoms with van der Waals surface area (Å²) in [6.45, 7) is 2.72. The van der Waals surface area contributed by atoms with Crippen LogP contribution in [0.2, 0.25) is 0 Å². The predicted octanol–water partition coefficient (Wildman–Crippen LogP) is 1.94. The molecule has 0 spiro atoms. The van der Waals surface area contributed by atoms with Crippen molar-refractivity contribution >= 4 is 34.0 Å². The van der Waals surface area contributed by atoms with E-state index in [9.17, 15) is 13.2 Å². The number of benzene rings is 1. The highest BCUT2D eigenvalue weighted by molar-refractivity contribution is 7.89. The number of rotatable bonds is 6. The number of carbonyl (C=O) groups is 1. The topological polar surface area (TPSA) is 87.3 Å². The molecule has 1 heterocycles. The summed E-state index contributed by atoms with van der Waals surface area (Å²) < 4.78 is 27.4. The highest BCUT2D eigenvalue weighted by atomic mass is 35.5. The molecule has 0 bridgehead atoms. The maximum Gasteiger partial charge on any atom is 0.241 e. The number of amides is 1. The molecule has 2 aliphatic rings. The number of carbonyl (C=O) groups excluding carboxylic acids is 1. The van der Waals surface area contributed by atoms with Crippen molar-refractivity contribution in [1.82, 2.24) is 10.0 Å². The van der Waals surface area contributed by atoms with Gasteiger partial charge < -0.3 is 10.6 Å². The molecule has 1 aromatic rings. The molecular weight excluding hydrogens is 350 g/mol. The number of anilines is 1. The maximum absolute atomic E-state index is 12.4. The van der Waals surface area contributed by atoms with Crippen LogP contribution in [-0.4, -0.2) is 33.0 Å². The van der Waals surface area contributed by atoms with Gasteiger partial charge in [0.15, 0.2) is 0 Å². The van der Waals surface area contributed by atoms with Gasteiger partial charge in [-0.1, -0.05) is 6.07 Å². The molecule has 1 unspecified atom stereocenters. The van der Waals surface area contributed by atoms with Gasteiger partial charge in [0, 0.05) is 24.2 Å². The van der Waals surface area contributed by atoms with Gasteiger partial charge in [0.1, 0.15) is 0 Å². The van der Waals surface area contributed by atoms with Gasteiger partial charge in [0.05, 0.1) is 4.90 Å². The Bertz CT molecular complexity index is 699.